The molecule has 2 rings (SSSR count). The van der Waals surface area contributed by atoms with Crippen molar-refractivity contribution >= 4 is 0 Å². The van der Waals surface area contributed by atoms with Gasteiger partial charge in [0.1, 0.15) is 0 Å². The minimum absolute atomic E-state index is 0.804. The van der Waals surface area contributed by atoms with Crippen LogP contribution in [0.5, 0.6) is 0 Å². The van der Waals surface area contributed by atoms with Gasteiger partial charge in [-0.3, -0.25) is 0 Å². The van der Waals surface area contributed by atoms with E-state index in [2.05, 4.69) is 12.2 Å². The van der Waals surface area contributed by atoms with E-state index in [4.69, 9.17) is 0 Å². The summed E-state index contributed by atoms with van der Waals surface area (Å²) >= 11 is 0. The van der Waals surface area contributed by atoms with E-state index in [9.17, 15) is 0 Å². The highest BCUT2D eigenvalue weighted by Gasteiger charge is 2.40. The molecule has 3 atom stereocenters. The van der Waals surface area contributed by atoms with Crippen molar-refractivity contribution in [1.29, 1.82) is 0 Å². The van der Waals surface area contributed by atoms with Gasteiger partial charge in [0.15, 0.2) is 0 Å². The zero-order valence-electron chi connectivity index (χ0n) is 5.35. The first-order valence-electron chi connectivity index (χ1n) is 3.62. The Labute approximate surface area is 50.5 Å². The average Bonchev–Trinajstić information content (AvgIpc) is 2.43. The topological polar surface area (TPSA) is 12.0 Å². The van der Waals surface area contributed by atoms with Crippen LogP contribution in [0.4, 0.5) is 0 Å². The second-order valence-corrected chi connectivity index (χ2v) is 3.25. The van der Waals surface area contributed by atoms with Crippen LogP contribution in [-0.2, 0) is 0 Å². The second-order valence-electron chi connectivity index (χ2n) is 3.25. The van der Waals surface area contributed by atoms with Gasteiger partial charge < -0.3 is 5.32 Å². The molecule has 1 aliphatic heterocycles. The molecule has 1 saturated carbocycles. The molecule has 0 aromatic carbocycles. The largest absolute Gasteiger partial charge is 0.311 e. The number of hydrogen-bond donors (Lipinski definition) is 1. The Morgan fingerprint density at radius 2 is 2.25 bits per heavy atom. The standard InChI is InChI=1S/C7H13N/c1-5-2-3-6-4-7(6)8-5/h5-8H,2-4H2,1H3. The third kappa shape index (κ3) is 0.655. The monoisotopic (exact) mass is 111 g/mol. The van der Waals surface area contributed by atoms with Crippen LogP contribution >= 0.6 is 0 Å². The SMILES string of the molecule is CC1CCC2CC2N1. The Morgan fingerprint density at radius 1 is 1.38 bits per heavy atom. The van der Waals surface area contributed by atoms with E-state index in [-0.39, 0.29) is 0 Å². The second kappa shape index (κ2) is 1.47. The van der Waals surface area contributed by atoms with Crippen molar-refractivity contribution in [3.63, 3.8) is 0 Å². The first-order chi connectivity index (χ1) is 3.86. The predicted molar refractivity (Wildman–Crippen MR) is 33.7 cm³/mol. The quantitative estimate of drug-likeness (QED) is 0.494. The lowest BCUT2D eigenvalue weighted by atomic mass is 10.1. The van der Waals surface area contributed by atoms with Crippen LogP contribution in [-0.4, -0.2) is 12.1 Å². The Bertz CT molecular complexity index is 101. The summed E-state index contributed by atoms with van der Waals surface area (Å²) in [5.74, 6) is 1.08. The maximum absolute atomic E-state index is 3.55. The van der Waals surface area contributed by atoms with E-state index in [1.807, 2.05) is 0 Å². The molecule has 1 heteroatoms. The van der Waals surface area contributed by atoms with Crippen molar-refractivity contribution < 1.29 is 0 Å². The summed E-state index contributed by atoms with van der Waals surface area (Å²) in [6, 6.07) is 1.73. The average molecular weight is 111 g/mol. The van der Waals surface area contributed by atoms with Gasteiger partial charge >= 0.3 is 0 Å². The van der Waals surface area contributed by atoms with E-state index in [0.717, 1.165) is 18.0 Å². The predicted octanol–water partition coefficient (Wildman–Crippen LogP) is 1.15. The molecule has 1 heterocycles. The number of rotatable bonds is 0. The molecule has 3 unspecified atom stereocenters. The minimum Gasteiger partial charge on any atom is -0.311 e. The van der Waals surface area contributed by atoms with E-state index >= 15 is 0 Å². The van der Waals surface area contributed by atoms with E-state index in [1.54, 1.807) is 0 Å². The van der Waals surface area contributed by atoms with Gasteiger partial charge in [-0.25, -0.2) is 0 Å². The molecule has 2 fully saturated rings. The molecule has 8 heavy (non-hydrogen) atoms. The molecule has 2 aliphatic rings. The van der Waals surface area contributed by atoms with Gasteiger partial charge in [-0.2, -0.15) is 0 Å². The highest BCUT2D eigenvalue weighted by Crippen LogP contribution is 2.38. The van der Waals surface area contributed by atoms with Crippen LogP contribution in [0.15, 0.2) is 0 Å². The Morgan fingerprint density at radius 3 is 2.88 bits per heavy atom. The van der Waals surface area contributed by atoms with Gasteiger partial charge in [0.05, 0.1) is 0 Å². The first kappa shape index (κ1) is 4.80. The molecular weight excluding hydrogens is 98.1 g/mol. The molecular formula is C7H13N. The maximum atomic E-state index is 3.55. The molecule has 0 amide bonds. The number of nitrogens with one attached hydrogen (secondary N) is 1. The summed E-state index contributed by atoms with van der Waals surface area (Å²) < 4.78 is 0. The first-order valence-corrected chi connectivity index (χ1v) is 3.62. The van der Waals surface area contributed by atoms with Gasteiger partial charge in [0.25, 0.3) is 0 Å². The molecule has 0 radical (unpaired) electrons. The van der Waals surface area contributed by atoms with Crippen LogP contribution in [0, 0.1) is 5.92 Å². The third-order valence-electron chi connectivity index (χ3n) is 2.39. The van der Waals surface area contributed by atoms with Crippen molar-refractivity contribution in [2.75, 3.05) is 0 Å². The van der Waals surface area contributed by atoms with Gasteiger partial charge in [-0.15, -0.1) is 0 Å². The zero-order valence-corrected chi connectivity index (χ0v) is 5.35. The van der Waals surface area contributed by atoms with Crippen molar-refractivity contribution in [2.45, 2.75) is 38.3 Å². The van der Waals surface area contributed by atoms with Crippen molar-refractivity contribution in [3.05, 3.63) is 0 Å². The van der Waals surface area contributed by atoms with Gasteiger partial charge in [-0.05, 0) is 32.1 Å². The molecule has 1 nitrogen and oxygen atoms in total. The van der Waals surface area contributed by atoms with Crippen molar-refractivity contribution in [2.24, 2.45) is 5.92 Å². The van der Waals surface area contributed by atoms with Gasteiger partial charge in [0.2, 0.25) is 0 Å². The van der Waals surface area contributed by atoms with Crippen molar-refractivity contribution in [1.82, 2.24) is 5.32 Å². The molecule has 0 bridgehead atoms. The fourth-order valence-corrected chi connectivity index (χ4v) is 1.68. The third-order valence-corrected chi connectivity index (χ3v) is 2.39. The lowest BCUT2D eigenvalue weighted by molar-refractivity contribution is 0.414. The highest BCUT2D eigenvalue weighted by atomic mass is 15.0. The fourth-order valence-electron chi connectivity index (χ4n) is 1.68. The number of hydrogen-bond acceptors (Lipinski definition) is 1. The molecule has 1 saturated heterocycles. The van der Waals surface area contributed by atoms with E-state index < -0.39 is 0 Å². The van der Waals surface area contributed by atoms with E-state index in [0.29, 0.717) is 0 Å². The normalized spacial score (nSPS) is 52.9. The van der Waals surface area contributed by atoms with Crippen LogP contribution in [0.25, 0.3) is 0 Å². The smallest absolute Gasteiger partial charge is 0.0102 e. The lowest BCUT2D eigenvalue weighted by Crippen LogP contribution is -2.32. The molecule has 0 aromatic heterocycles. The number of piperidine rings is 1. The summed E-state index contributed by atoms with van der Waals surface area (Å²) in [4.78, 5) is 0. The van der Waals surface area contributed by atoms with E-state index in [1.165, 1.54) is 19.3 Å². The minimum atomic E-state index is 0.804. The Balaban J connectivity index is 1.93. The molecule has 0 aromatic rings. The Hall–Kier alpha value is -0.0400. The summed E-state index contributed by atoms with van der Waals surface area (Å²) in [5.41, 5.74) is 0. The maximum Gasteiger partial charge on any atom is 0.0102 e. The van der Waals surface area contributed by atoms with Gasteiger partial charge in [-0.1, -0.05) is 0 Å². The molecule has 1 N–H and O–H groups in total. The summed E-state index contributed by atoms with van der Waals surface area (Å²) in [6.45, 7) is 2.29. The van der Waals surface area contributed by atoms with Crippen molar-refractivity contribution in [3.8, 4) is 0 Å². The molecule has 1 aliphatic carbocycles. The van der Waals surface area contributed by atoms with Crippen LogP contribution in [0.2, 0.25) is 0 Å². The summed E-state index contributed by atoms with van der Waals surface area (Å²) in [7, 11) is 0. The van der Waals surface area contributed by atoms with Gasteiger partial charge in [0, 0.05) is 12.1 Å². The number of fused-ring (bicyclic) bond motifs is 1. The van der Waals surface area contributed by atoms with Crippen LogP contribution in [0.3, 0.4) is 0 Å². The summed E-state index contributed by atoms with van der Waals surface area (Å²) in [5, 5.41) is 3.55. The fraction of sp³-hybridized carbons (Fsp3) is 1.00. The Kier molecular flexibility index (Phi) is 0.884. The molecule has 0 spiro atoms. The summed E-state index contributed by atoms with van der Waals surface area (Å²) in [6.07, 6.45) is 4.35. The highest BCUT2D eigenvalue weighted by molar-refractivity contribution is 4.98. The van der Waals surface area contributed by atoms with Crippen LogP contribution in [0.1, 0.15) is 26.2 Å². The molecule has 46 valence electrons. The zero-order chi connectivity index (χ0) is 5.56. The lowest BCUT2D eigenvalue weighted by Gasteiger charge is -2.17. The van der Waals surface area contributed by atoms with Crippen LogP contribution < -0.4 is 5.32 Å².